The number of alkyl carbamates (subject to hydrolysis) is 1. The number of rotatable bonds is 4. The molecule has 19 heavy (non-hydrogen) atoms. The van der Waals surface area contributed by atoms with Crippen molar-refractivity contribution in [1.29, 1.82) is 0 Å². The fourth-order valence-corrected chi connectivity index (χ4v) is 2.06. The highest BCUT2D eigenvalue weighted by atomic mass is 16.6. The summed E-state index contributed by atoms with van der Waals surface area (Å²) < 4.78 is 10.7. The standard InChI is InChI=1S/C14H24N2O3/c1-14(2,3)19-13(17)16-12-8-11(12)15-9-10-6-4-5-7-18-10/h5,7,10-12,15H,4,6,8-9H2,1-3H3,(H,16,17). The van der Waals surface area contributed by atoms with E-state index in [1.807, 2.05) is 26.8 Å². The SMILES string of the molecule is CC(C)(C)OC(=O)NC1CC1NCC1CCC=CO1. The van der Waals surface area contributed by atoms with Crippen molar-refractivity contribution in [1.82, 2.24) is 10.6 Å². The smallest absolute Gasteiger partial charge is 0.407 e. The Hall–Kier alpha value is -1.23. The molecule has 5 heteroatoms. The number of hydrogen-bond acceptors (Lipinski definition) is 4. The Bertz CT molecular complexity index is 349. The van der Waals surface area contributed by atoms with Gasteiger partial charge in [0.2, 0.25) is 0 Å². The van der Waals surface area contributed by atoms with Crippen molar-refractivity contribution < 1.29 is 14.3 Å². The molecule has 3 unspecified atom stereocenters. The van der Waals surface area contributed by atoms with Gasteiger partial charge in [0.05, 0.1) is 6.26 Å². The molecule has 1 aliphatic carbocycles. The lowest BCUT2D eigenvalue weighted by atomic mass is 10.1. The van der Waals surface area contributed by atoms with E-state index in [0.717, 1.165) is 25.8 Å². The van der Waals surface area contributed by atoms with Crippen LogP contribution in [0.1, 0.15) is 40.0 Å². The van der Waals surface area contributed by atoms with Crippen LogP contribution in [-0.2, 0) is 9.47 Å². The van der Waals surface area contributed by atoms with Gasteiger partial charge >= 0.3 is 6.09 Å². The largest absolute Gasteiger partial charge is 0.497 e. The molecule has 5 nitrogen and oxygen atoms in total. The lowest BCUT2D eigenvalue weighted by molar-refractivity contribution is 0.0521. The summed E-state index contributed by atoms with van der Waals surface area (Å²) in [5, 5.41) is 6.29. The first-order valence-corrected chi connectivity index (χ1v) is 6.97. The van der Waals surface area contributed by atoms with Gasteiger partial charge in [0.1, 0.15) is 11.7 Å². The second kappa shape index (κ2) is 5.82. The molecule has 0 saturated heterocycles. The van der Waals surface area contributed by atoms with E-state index in [0.29, 0.717) is 6.04 Å². The van der Waals surface area contributed by atoms with Gasteiger partial charge in [0.15, 0.2) is 0 Å². The first-order chi connectivity index (χ1) is 8.94. The second-order valence-electron chi connectivity index (χ2n) is 6.21. The fourth-order valence-electron chi connectivity index (χ4n) is 2.06. The third-order valence-electron chi connectivity index (χ3n) is 3.12. The van der Waals surface area contributed by atoms with Gasteiger partial charge in [0.25, 0.3) is 0 Å². The van der Waals surface area contributed by atoms with Crippen LogP contribution in [0.15, 0.2) is 12.3 Å². The molecule has 2 rings (SSSR count). The lowest BCUT2D eigenvalue weighted by Gasteiger charge is -2.20. The van der Waals surface area contributed by atoms with Gasteiger partial charge in [-0.1, -0.05) is 0 Å². The molecule has 0 bridgehead atoms. The highest BCUT2D eigenvalue weighted by Crippen LogP contribution is 2.22. The van der Waals surface area contributed by atoms with E-state index in [-0.39, 0.29) is 18.2 Å². The van der Waals surface area contributed by atoms with Gasteiger partial charge in [-0.2, -0.15) is 0 Å². The van der Waals surface area contributed by atoms with Gasteiger partial charge in [-0.25, -0.2) is 4.79 Å². The third-order valence-corrected chi connectivity index (χ3v) is 3.12. The van der Waals surface area contributed by atoms with Gasteiger partial charge in [0, 0.05) is 18.6 Å². The molecule has 108 valence electrons. The molecule has 0 aromatic heterocycles. The van der Waals surface area contributed by atoms with Crippen LogP contribution in [0.5, 0.6) is 0 Å². The quantitative estimate of drug-likeness (QED) is 0.818. The van der Waals surface area contributed by atoms with Crippen molar-refractivity contribution in [2.24, 2.45) is 0 Å². The number of nitrogens with one attached hydrogen (secondary N) is 2. The Morgan fingerprint density at radius 2 is 2.21 bits per heavy atom. The summed E-state index contributed by atoms with van der Waals surface area (Å²) in [6.07, 6.45) is 6.84. The lowest BCUT2D eigenvalue weighted by Crippen LogP contribution is -2.38. The zero-order valence-electron chi connectivity index (χ0n) is 11.9. The number of allylic oxidation sites excluding steroid dienone is 1. The van der Waals surface area contributed by atoms with Crippen LogP contribution in [0.3, 0.4) is 0 Å². The monoisotopic (exact) mass is 268 g/mol. The van der Waals surface area contributed by atoms with E-state index in [1.54, 1.807) is 6.26 Å². The molecular formula is C14H24N2O3. The normalized spacial score (nSPS) is 29.5. The van der Waals surface area contributed by atoms with E-state index in [4.69, 9.17) is 9.47 Å². The summed E-state index contributed by atoms with van der Waals surface area (Å²) in [6.45, 7) is 6.43. The van der Waals surface area contributed by atoms with Crippen LogP contribution in [0.4, 0.5) is 4.79 Å². The van der Waals surface area contributed by atoms with E-state index >= 15 is 0 Å². The molecule has 0 radical (unpaired) electrons. The van der Waals surface area contributed by atoms with Gasteiger partial charge in [-0.05, 0) is 46.1 Å². The Morgan fingerprint density at radius 1 is 1.42 bits per heavy atom. The average molecular weight is 268 g/mol. The summed E-state index contributed by atoms with van der Waals surface area (Å²) >= 11 is 0. The molecule has 0 aromatic rings. The Labute approximate surface area is 114 Å². The highest BCUT2D eigenvalue weighted by Gasteiger charge is 2.39. The second-order valence-corrected chi connectivity index (χ2v) is 6.21. The van der Waals surface area contributed by atoms with Gasteiger partial charge in [-0.15, -0.1) is 0 Å². The van der Waals surface area contributed by atoms with E-state index in [1.165, 1.54) is 0 Å². The maximum absolute atomic E-state index is 11.6. The molecule has 2 aliphatic rings. The number of carbonyl (C=O) groups is 1. The Balaban J connectivity index is 1.59. The molecule has 1 heterocycles. The van der Waals surface area contributed by atoms with Gasteiger partial charge < -0.3 is 20.1 Å². The minimum atomic E-state index is -0.440. The zero-order valence-corrected chi connectivity index (χ0v) is 11.9. The minimum absolute atomic E-state index is 0.189. The van der Waals surface area contributed by atoms with Crippen LogP contribution in [-0.4, -0.2) is 36.4 Å². The molecule has 1 amide bonds. The molecule has 0 aromatic carbocycles. The molecule has 1 saturated carbocycles. The van der Waals surface area contributed by atoms with Crippen LogP contribution >= 0.6 is 0 Å². The van der Waals surface area contributed by atoms with Crippen molar-refractivity contribution in [3.63, 3.8) is 0 Å². The first-order valence-electron chi connectivity index (χ1n) is 6.97. The number of amides is 1. The van der Waals surface area contributed by atoms with Crippen LogP contribution < -0.4 is 10.6 Å². The number of carbonyl (C=O) groups excluding carboxylic acids is 1. The average Bonchev–Trinajstić information content (AvgIpc) is 3.03. The maximum atomic E-state index is 11.6. The van der Waals surface area contributed by atoms with Crippen molar-refractivity contribution in [3.8, 4) is 0 Å². The Kier molecular flexibility index (Phi) is 4.34. The minimum Gasteiger partial charge on any atom is -0.497 e. The molecule has 1 aliphatic heterocycles. The predicted octanol–water partition coefficient (Wildman–Crippen LogP) is 1.93. The van der Waals surface area contributed by atoms with Crippen molar-refractivity contribution >= 4 is 6.09 Å². The summed E-state index contributed by atoms with van der Waals surface area (Å²) in [5.74, 6) is 0. The number of hydrogen-bond donors (Lipinski definition) is 2. The molecule has 3 atom stereocenters. The van der Waals surface area contributed by atoms with E-state index < -0.39 is 5.60 Å². The zero-order chi connectivity index (χ0) is 13.9. The van der Waals surface area contributed by atoms with Crippen LogP contribution in [0, 0.1) is 0 Å². The molecule has 1 fully saturated rings. The summed E-state index contributed by atoms with van der Waals surface area (Å²) in [6, 6.07) is 0.538. The third kappa shape index (κ3) is 5.11. The summed E-state index contributed by atoms with van der Waals surface area (Å²) in [4.78, 5) is 11.6. The molecular weight excluding hydrogens is 244 g/mol. The van der Waals surface area contributed by atoms with Crippen LogP contribution in [0.25, 0.3) is 0 Å². The van der Waals surface area contributed by atoms with E-state index in [2.05, 4.69) is 10.6 Å². The first kappa shape index (κ1) is 14.2. The molecule has 0 spiro atoms. The fraction of sp³-hybridized carbons (Fsp3) is 0.786. The van der Waals surface area contributed by atoms with E-state index in [9.17, 15) is 4.79 Å². The highest BCUT2D eigenvalue weighted by molar-refractivity contribution is 5.68. The topological polar surface area (TPSA) is 59.6 Å². The van der Waals surface area contributed by atoms with Gasteiger partial charge in [-0.3, -0.25) is 0 Å². The Morgan fingerprint density at radius 3 is 2.84 bits per heavy atom. The van der Waals surface area contributed by atoms with Crippen molar-refractivity contribution in [2.45, 2.75) is 63.8 Å². The number of ether oxygens (including phenoxy) is 2. The summed E-state index contributed by atoms with van der Waals surface area (Å²) in [5.41, 5.74) is -0.440. The molecule has 2 N–H and O–H groups in total. The van der Waals surface area contributed by atoms with Crippen molar-refractivity contribution in [2.75, 3.05) is 6.54 Å². The summed E-state index contributed by atoms with van der Waals surface area (Å²) in [7, 11) is 0. The van der Waals surface area contributed by atoms with Crippen LogP contribution in [0.2, 0.25) is 0 Å². The van der Waals surface area contributed by atoms with Crippen molar-refractivity contribution in [3.05, 3.63) is 12.3 Å². The maximum Gasteiger partial charge on any atom is 0.407 e. The predicted molar refractivity (Wildman–Crippen MR) is 72.8 cm³/mol.